The minimum Gasteiger partial charge on any atom is -0.494 e. The highest BCUT2D eigenvalue weighted by Crippen LogP contribution is 2.49. The lowest BCUT2D eigenvalue weighted by atomic mass is 9.63. The topological polar surface area (TPSA) is 45.0 Å². The van der Waals surface area contributed by atoms with Crippen LogP contribution >= 0.6 is 0 Å². The molecule has 1 aromatic carbocycles. The summed E-state index contributed by atoms with van der Waals surface area (Å²) in [5.74, 6) is 0.931. The first-order chi connectivity index (χ1) is 9.16. The number of nitriles is 1. The van der Waals surface area contributed by atoms with Crippen LogP contribution in [0.5, 0.6) is 5.75 Å². The lowest BCUT2D eigenvalue weighted by molar-refractivity contribution is 0.149. The Bertz CT molecular complexity index is 486. The molecule has 3 nitrogen and oxygen atoms in total. The molecule has 102 valence electrons. The maximum atomic E-state index is 9.49. The molecule has 0 spiro atoms. The molecule has 0 bridgehead atoms. The van der Waals surface area contributed by atoms with Crippen molar-refractivity contribution in [3.63, 3.8) is 0 Å². The van der Waals surface area contributed by atoms with E-state index in [2.05, 4.69) is 30.4 Å². The number of benzene rings is 1. The van der Waals surface area contributed by atoms with Crippen LogP contribution < -0.4 is 10.1 Å². The average Bonchev–Trinajstić information content (AvgIpc) is 2.36. The van der Waals surface area contributed by atoms with Crippen molar-refractivity contribution in [3.8, 4) is 11.8 Å². The second-order valence-corrected chi connectivity index (χ2v) is 5.30. The van der Waals surface area contributed by atoms with Gasteiger partial charge in [-0.2, -0.15) is 5.26 Å². The van der Waals surface area contributed by atoms with Gasteiger partial charge in [0, 0.05) is 0 Å². The van der Waals surface area contributed by atoms with Crippen molar-refractivity contribution in [2.45, 2.75) is 39.2 Å². The van der Waals surface area contributed by atoms with Crippen molar-refractivity contribution in [2.75, 3.05) is 13.7 Å². The Hall–Kier alpha value is -1.53. The van der Waals surface area contributed by atoms with Crippen LogP contribution in [0.1, 0.15) is 43.4 Å². The minimum absolute atomic E-state index is 0.112. The van der Waals surface area contributed by atoms with E-state index >= 15 is 0 Å². The smallest absolute Gasteiger partial charge is 0.122 e. The Labute approximate surface area is 115 Å². The third kappa shape index (κ3) is 2.46. The molecule has 0 radical (unpaired) electrons. The van der Waals surface area contributed by atoms with E-state index < -0.39 is 0 Å². The first-order valence-corrected chi connectivity index (χ1v) is 6.98. The number of hydrogen-bond donors (Lipinski definition) is 1. The Morgan fingerprint density at radius 3 is 2.63 bits per heavy atom. The third-order valence-corrected chi connectivity index (χ3v) is 4.14. The molecule has 2 rings (SSSR count). The molecule has 0 heterocycles. The van der Waals surface area contributed by atoms with Crippen molar-refractivity contribution >= 4 is 0 Å². The van der Waals surface area contributed by atoms with E-state index in [1.54, 1.807) is 0 Å². The summed E-state index contributed by atoms with van der Waals surface area (Å²) in [6, 6.07) is 8.88. The molecule has 1 unspecified atom stereocenters. The number of ether oxygens (including phenoxy) is 1. The van der Waals surface area contributed by atoms with Crippen molar-refractivity contribution in [3.05, 3.63) is 29.3 Å². The molecule has 1 saturated carbocycles. The average molecular weight is 258 g/mol. The molecule has 0 aliphatic heterocycles. The molecule has 0 saturated heterocycles. The van der Waals surface area contributed by atoms with Crippen molar-refractivity contribution in [2.24, 2.45) is 5.41 Å². The zero-order valence-corrected chi connectivity index (χ0v) is 12.0. The van der Waals surface area contributed by atoms with Gasteiger partial charge in [-0.25, -0.2) is 0 Å². The molecule has 1 aliphatic rings. The summed E-state index contributed by atoms with van der Waals surface area (Å²) < 4.78 is 5.57. The summed E-state index contributed by atoms with van der Waals surface area (Å²) in [6.07, 6.45) is 3.13. The Morgan fingerprint density at radius 2 is 2.21 bits per heavy atom. The summed E-state index contributed by atoms with van der Waals surface area (Å²) in [5, 5.41) is 12.8. The summed E-state index contributed by atoms with van der Waals surface area (Å²) in [4.78, 5) is 0. The summed E-state index contributed by atoms with van der Waals surface area (Å²) >= 11 is 0. The maximum Gasteiger partial charge on any atom is 0.122 e. The Morgan fingerprint density at radius 1 is 1.47 bits per heavy atom. The van der Waals surface area contributed by atoms with Crippen LogP contribution in [0.4, 0.5) is 0 Å². The second kappa shape index (κ2) is 5.63. The van der Waals surface area contributed by atoms with Gasteiger partial charge in [0.2, 0.25) is 0 Å². The molecule has 0 aromatic heterocycles. The van der Waals surface area contributed by atoms with E-state index in [9.17, 15) is 5.26 Å². The van der Waals surface area contributed by atoms with Crippen molar-refractivity contribution < 1.29 is 4.74 Å². The van der Waals surface area contributed by atoms with Gasteiger partial charge in [0.05, 0.1) is 24.1 Å². The van der Waals surface area contributed by atoms with E-state index in [-0.39, 0.29) is 11.5 Å². The highest BCUT2D eigenvalue weighted by atomic mass is 16.5. The third-order valence-electron chi connectivity index (χ3n) is 4.14. The molecule has 19 heavy (non-hydrogen) atoms. The largest absolute Gasteiger partial charge is 0.494 e. The molecular weight excluding hydrogens is 236 g/mol. The van der Waals surface area contributed by atoms with E-state index in [1.165, 1.54) is 5.56 Å². The number of nitrogens with one attached hydrogen (secondary N) is 1. The molecule has 1 aromatic rings. The van der Waals surface area contributed by atoms with Gasteiger partial charge in [0.1, 0.15) is 5.75 Å². The van der Waals surface area contributed by atoms with Crippen LogP contribution in [0.2, 0.25) is 0 Å². The maximum absolute atomic E-state index is 9.49. The quantitative estimate of drug-likeness (QED) is 0.881. The van der Waals surface area contributed by atoms with Gasteiger partial charge in [-0.3, -0.25) is 0 Å². The SMILES string of the molecule is CCOc1ccc(C(NC)C2(C#N)CCC2)cc1C. The zero-order chi connectivity index (χ0) is 13.9. The molecule has 1 fully saturated rings. The lowest BCUT2D eigenvalue weighted by Crippen LogP contribution is -2.40. The normalized spacial score (nSPS) is 18.2. The van der Waals surface area contributed by atoms with Gasteiger partial charge >= 0.3 is 0 Å². The van der Waals surface area contributed by atoms with Crippen LogP contribution in [0.15, 0.2) is 18.2 Å². The zero-order valence-electron chi connectivity index (χ0n) is 12.0. The monoisotopic (exact) mass is 258 g/mol. The molecule has 1 N–H and O–H groups in total. The number of rotatable bonds is 5. The van der Waals surface area contributed by atoms with Gasteiger partial charge in [-0.15, -0.1) is 0 Å². The van der Waals surface area contributed by atoms with Crippen LogP contribution in [-0.4, -0.2) is 13.7 Å². The van der Waals surface area contributed by atoms with Crippen LogP contribution in [0.3, 0.4) is 0 Å². The van der Waals surface area contributed by atoms with E-state index in [1.807, 2.05) is 20.0 Å². The Balaban J connectivity index is 2.29. The van der Waals surface area contributed by atoms with Crippen LogP contribution in [0, 0.1) is 23.7 Å². The van der Waals surface area contributed by atoms with E-state index in [4.69, 9.17) is 4.74 Å². The summed E-state index contributed by atoms with van der Waals surface area (Å²) in [6.45, 7) is 4.72. The standard InChI is InChI=1S/C16H22N2O/c1-4-19-14-7-6-13(10-12(14)2)15(18-3)16(11-17)8-5-9-16/h6-7,10,15,18H,4-5,8-9H2,1-3H3. The van der Waals surface area contributed by atoms with Gasteiger partial charge < -0.3 is 10.1 Å². The summed E-state index contributed by atoms with van der Waals surface area (Å²) in [5.41, 5.74) is 2.09. The highest BCUT2D eigenvalue weighted by molar-refractivity contribution is 5.39. The van der Waals surface area contributed by atoms with Gasteiger partial charge in [0.15, 0.2) is 0 Å². The molecule has 1 aliphatic carbocycles. The first kappa shape index (κ1) is 13.9. The van der Waals surface area contributed by atoms with Gasteiger partial charge in [0.25, 0.3) is 0 Å². The van der Waals surface area contributed by atoms with E-state index in [0.717, 1.165) is 30.6 Å². The lowest BCUT2D eigenvalue weighted by Gasteiger charge is -2.42. The van der Waals surface area contributed by atoms with Gasteiger partial charge in [-0.1, -0.05) is 18.6 Å². The van der Waals surface area contributed by atoms with Crippen molar-refractivity contribution in [1.82, 2.24) is 5.32 Å². The molecule has 1 atom stereocenters. The predicted molar refractivity (Wildman–Crippen MR) is 76.0 cm³/mol. The molecule has 0 amide bonds. The van der Waals surface area contributed by atoms with Crippen LogP contribution in [-0.2, 0) is 0 Å². The summed E-state index contributed by atoms with van der Waals surface area (Å²) in [7, 11) is 1.94. The fraction of sp³-hybridized carbons (Fsp3) is 0.562. The second-order valence-electron chi connectivity index (χ2n) is 5.30. The molecular formula is C16H22N2O. The fourth-order valence-electron chi connectivity index (χ4n) is 2.95. The van der Waals surface area contributed by atoms with Crippen molar-refractivity contribution in [1.29, 1.82) is 5.26 Å². The van der Waals surface area contributed by atoms with Gasteiger partial charge in [-0.05, 0) is 50.9 Å². The highest BCUT2D eigenvalue weighted by Gasteiger charge is 2.44. The number of aryl methyl sites for hydroxylation is 1. The van der Waals surface area contributed by atoms with Crippen LogP contribution in [0.25, 0.3) is 0 Å². The minimum atomic E-state index is -0.228. The van der Waals surface area contributed by atoms with E-state index in [0.29, 0.717) is 6.61 Å². The fourth-order valence-corrected chi connectivity index (χ4v) is 2.95. The number of hydrogen-bond acceptors (Lipinski definition) is 3. The Kier molecular flexibility index (Phi) is 4.11. The first-order valence-electron chi connectivity index (χ1n) is 6.98. The number of nitrogens with zero attached hydrogens (tertiary/aromatic N) is 1. The molecule has 3 heteroatoms. The predicted octanol–water partition coefficient (Wildman–Crippen LogP) is 3.35.